The Labute approximate surface area is 137 Å². The van der Waals surface area contributed by atoms with Crippen LogP contribution >= 0.6 is 23.2 Å². The smallest absolute Gasteiger partial charge is 0.339 e. The molecule has 0 radical (unpaired) electrons. The van der Waals surface area contributed by atoms with E-state index in [4.69, 9.17) is 32.7 Å². The SMILES string of the molecule is CCOC(=O)c1ccc(Cl)c(OCn2ccccc2=O)c1Cl. The van der Waals surface area contributed by atoms with Gasteiger partial charge in [0.2, 0.25) is 0 Å². The lowest BCUT2D eigenvalue weighted by molar-refractivity contribution is 0.0526. The molecule has 0 saturated heterocycles. The molecule has 1 aromatic carbocycles. The van der Waals surface area contributed by atoms with Crippen LogP contribution in [0.3, 0.4) is 0 Å². The zero-order valence-electron chi connectivity index (χ0n) is 11.7. The Morgan fingerprint density at radius 2 is 2.00 bits per heavy atom. The van der Waals surface area contributed by atoms with Gasteiger partial charge in [-0.3, -0.25) is 9.36 Å². The van der Waals surface area contributed by atoms with Crippen molar-refractivity contribution in [2.24, 2.45) is 0 Å². The van der Waals surface area contributed by atoms with Crippen LogP contribution in [0.4, 0.5) is 0 Å². The molecule has 1 heterocycles. The standard InChI is InChI=1S/C15H13Cl2NO4/c1-2-21-15(20)10-6-7-11(16)14(13(10)17)22-9-18-8-4-3-5-12(18)19/h3-8H,2,9H2,1H3. The largest absolute Gasteiger partial charge is 0.470 e. The highest BCUT2D eigenvalue weighted by atomic mass is 35.5. The summed E-state index contributed by atoms with van der Waals surface area (Å²) in [6, 6.07) is 7.68. The van der Waals surface area contributed by atoms with Gasteiger partial charge in [-0.2, -0.15) is 0 Å². The number of pyridine rings is 1. The second-order valence-electron chi connectivity index (χ2n) is 4.24. The van der Waals surface area contributed by atoms with Crippen molar-refractivity contribution in [3.05, 3.63) is 62.5 Å². The first kappa shape index (κ1) is 16.4. The third-order valence-electron chi connectivity index (χ3n) is 2.79. The molecular weight excluding hydrogens is 329 g/mol. The molecule has 0 unspecified atom stereocenters. The van der Waals surface area contributed by atoms with Crippen molar-refractivity contribution in [3.8, 4) is 5.75 Å². The number of carbonyl (C=O) groups is 1. The van der Waals surface area contributed by atoms with E-state index < -0.39 is 5.97 Å². The van der Waals surface area contributed by atoms with Crippen molar-refractivity contribution < 1.29 is 14.3 Å². The molecule has 0 bridgehead atoms. The number of hydrogen-bond donors (Lipinski definition) is 0. The summed E-state index contributed by atoms with van der Waals surface area (Å²) in [6.45, 7) is 1.85. The summed E-state index contributed by atoms with van der Waals surface area (Å²) in [4.78, 5) is 23.4. The lowest BCUT2D eigenvalue weighted by atomic mass is 10.2. The lowest BCUT2D eigenvalue weighted by Crippen LogP contribution is -2.20. The minimum absolute atomic E-state index is 0.0509. The predicted molar refractivity (Wildman–Crippen MR) is 83.7 cm³/mol. The summed E-state index contributed by atoms with van der Waals surface area (Å²) < 4.78 is 11.7. The van der Waals surface area contributed by atoms with E-state index in [0.717, 1.165) is 0 Å². The topological polar surface area (TPSA) is 57.5 Å². The normalized spacial score (nSPS) is 10.3. The van der Waals surface area contributed by atoms with Crippen molar-refractivity contribution >= 4 is 29.2 Å². The maximum Gasteiger partial charge on any atom is 0.339 e. The molecule has 2 rings (SSSR count). The summed E-state index contributed by atoms with van der Waals surface area (Å²) in [7, 11) is 0. The molecule has 22 heavy (non-hydrogen) atoms. The zero-order chi connectivity index (χ0) is 16.1. The third kappa shape index (κ3) is 3.61. The highest BCUT2D eigenvalue weighted by Gasteiger charge is 2.18. The quantitative estimate of drug-likeness (QED) is 0.782. The predicted octanol–water partition coefficient (Wildman–Crippen LogP) is 3.37. The fraction of sp³-hybridized carbons (Fsp3) is 0.200. The lowest BCUT2D eigenvalue weighted by Gasteiger charge is -2.13. The molecule has 0 aliphatic rings. The van der Waals surface area contributed by atoms with Gasteiger partial charge in [-0.25, -0.2) is 4.79 Å². The molecular formula is C15H13Cl2NO4. The van der Waals surface area contributed by atoms with E-state index in [2.05, 4.69) is 0 Å². The molecule has 0 amide bonds. The van der Waals surface area contributed by atoms with Gasteiger partial charge in [-0.15, -0.1) is 0 Å². The number of halogens is 2. The number of esters is 1. The van der Waals surface area contributed by atoms with Crippen LogP contribution in [-0.2, 0) is 11.5 Å². The third-order valence-corrected chi connectivity index (χ3v) is 3.46. The number of benzene rings is 1. The van der Waals surface area contributed by atoms with Gasteiger partial charge in [0.25, 0.3) is 5.56 Å². The summed E-state index contributed by atoms with van der Waals surface area (Å²) in [5, 5.41) is 0.289. The molecule has 0 saturated carbocycles. The van der Waals surface area contributed by atoms with Gasteiger partial charge in [0.15, 0.2) is 12.5 Å². The number of rotatable bonds is 5. The number of ether oxygens (including phenoxy) is 2. The highest BCUT2D eigenvalue weighted by Crippen LogP contribution is 2.36. The van der Waals surface area contributed by atoms with Crippen LogP contribution in [0, 0.1) is 0 Å². The Kier molecular flexibility index (Phi) is 5.46. The van der Waals surface area contributed by atoms with Gasteiger partial charge in [-0.1, -0.05) is 29.3 Å². The van der Waals surface area contributed by atoms with Gasteiger partial charge in [0.05, 0.1) is 22.2 Å². The molecule has 0 fully saturated rings. The maximum absolute atomic E-state index is 11.8. The van der Waals surface area contributed by atoms with Crippen molar-refractivity contribution in [1.29, 1.82) is 0 Å². The fourth-order valence-electron chi connectivity index (χ4n) is 1.73. The van der Waals surface area contributed by atoms with Crippen molar-refractivity contribution in [2.45, 2.75) is 13.7 Å². The molecule has 7 heteroatoms. The van der Waals surface area contributed by atoms with Crippen LogP contribution in [-0.4, -0.2) is 17.1 Å². The van der Waals surface area contributed by atoms with Crippen LogP contribution in [0.5, 0.6) is 5.75 Å². The van der Waals surface area contributed by atoms with E-state index in [-0.39, 0.29) is 40.3 Å². The number of carbonyl (C=O) groups excluding carboxylic acids is 1. The van der Waals surface area contributed by atoms with Gasteiger partial charge in [0.1, 0.15) is 0 Å². The molecule has 0 N–H and O–H groups in total. The molecule has 0 aliphatic carbocycles. The molecule has 0 spiro atoms. The number of aromatic nitrogens is 1. The summed E-state index contributed by atoms with van der Waals surface area (Å²) in [5.74, 6) is -0.435. The van der Waals surface area contributed by atoms with Crippen LogP contribution in [0.2, 0.25) is 10.0 Å². The first-order valence-corrected chi connectivity index (χ1v) is 7.23. The monoisotopic (exact) mass is 341 g/mol. The number of nitrogens with zero attached hydrogens (tertiary/aromatic N) is 1. The molecule has 116 valence electrons. The molecule has 2 aromatic rings. The van der Waals surface area contributed by atoms with Gasteiger partial charge in [-0.05, 0) is 25.1 Å². The van der Waals surface area contributed by atoms with E-state index in [1.54, 1.807) is 25.3 Å². The van der Waals surface area contributed by atoms with Crippen LogP contribution in [0.1, 0.15) is 17.3 Å². The van der Waals surface area contributed by atoms with Crippen LogP contribution in [0.25, 0.3) is 0 Å². The summed E-state index contributed by atoms with van der Waals surface area (Å²) >= 11 is 12.2. The van der Waals surface area contributed by atoms with Crippen molar-refractivity contribution in [2.75, 3.05) is 6.61 Å². The molecule has 0 aliphatic heterocycles. The van der Waals surface area contributed by atoms with E-state index >= 15 is 0 Å². The minimum Gasteiger partial charge on any atom is -0.470 e. The van der Waals surface area contributed by atoms with E-state index in [1.807, 2.05) is 0 Å². The van der Waals surface area contributed by atoms with Gasteiger partial charge >= 0.3 is 5.97 Å². The van der Waals surface area contributed by atoms with Crippen molar-refractivity contribution in [3.63, 3.8) is 0 Å². The first-order valence-electron chi connectivity index (χ1n) is 6.48. The zero-order valence-corrected chi connectivity index (χ0v) is 13.2. The second-order valence-corrected chi connectivity index (χ2v) is 5.03. The Hall–Kier alpha value is -1.98. The van der Waals surface area contributed by atoms with Gasteiger partial charge in [0, 0.05) is 12.3 Å². The fourth-order valence-corrected chi connectivity index (χ4v) is 2.29. The summed E-state index contributed by atoms with van der Waals surface area (Å²) in [5.41, 5.74) is -0.0698. The van der Waals surface area contributed by atoms with Crippen LogP contribution in [0.15, 0.2) is 41.3 Å². The Morgan fingerprint density at radius 3 is 2.68 bits per heavy atom. The minimum atomic E-state index is -0.564. The average Bonchev–Trinajstić information content (AvgIpc) is 2.49. The highest BCUT2D eigenvalue weighted by molar-refractivity contribution is 6.39. The molecule has 0 atom stereocenters. The van der Waals surface area contributed by atoms with E-state index in [1.165, 1.54) is 22.8 Å². The molecule has 1 aromatic heterocycles. The second kappa shape index (κ2) is 7.33. The van der Waals surface area contributed by atoms with Crippen LogP contribution < -0.4 is 10.3 Å². The Bertz CT molecular complexity index is 743. The molecule has 5 nitrogen and oxygen atoms in total. The first-order chi connectivity index (χ1) is 10.5. The number of hydrogen-bond acceptors (Lipinski definition) is 4. The Morgan fingerprint density at radius 1 is 1.23 bits per heavy atom. The Balaban J connectivity index is 2.27. The van der Waals surface area contributed by atoms with E-state index in [0.29, 0.717) is 0 Å². The van der Waals surface area contributed by atoms with Gasteiger partial charge < -0.3 is 9.47 Å². The van der Waals surface area contributed by atoms with E-state index in [9.17, 15) is 9.59 Å². The average molecular weight is 342 g/mol. The summed E-state index contributed by atoms with van der Waals surface area (Å²) in [6.07, 6.45) is 1.57. The maximum atomic E-state index is 11.8. The van der Waals surface area contributed by atoms with Crippen molar-refractivity contribution in [1.82, 2.24) is 4.57 Å².